The van der Waals surface area contributed by atoms with Crippen LogP contribution in [0.4, 0.5) is 10.1 Å². The van der Waals surface area contributed by atoms with Crippen LogP contribution < -0.4 is 5.32 Å². The van der Waals surface area contributed by atoms with Gasteiger partial charge in [-0.3, -0.25) is 9.48 Å². The van der Waals surface area contributed by atoms with E-state index in [9.17, 15) is 14.3 Å². The van der Waals surface area contributed by atoms with Gasteiger partial charge >= 0.3 is 0 Å². The van der Waals surface area contributed by atoms with E-state index in [2.05, 4.69) is 10.3 Å². The van der Waals surface area contributed by atoms with E-state index in [-0.39, 0.29) is 28.7 Å². The molecule has 40 heavy (non-hydrogen) atoms. The number of benzene rings is 1. The maximum atomic E-state index is 13.6. The van der Waals surface area contributed by atoms with Crippen LogP contribution in [-0.2, 0) is 19.7 Å². The number of imidazole rings is 1. The van der Waals surface area contributed by atoms with Crippen molar-refractivity contribution in [2.24, 2.45) is 25.9 Å². The molecule has 1 aromatic carbocycles. The topological polar surface area (TPSA) is 89.9 Å². The fourth-order valence-corrected chi connectivity index (χ4v) is 7.60. The first-order valence-electron chi connectivity index (χ1n) is 13.3. The van der Waals surface area contributed by atoms with Gasteiger partial charge in [0.2, 0.25) is 0 Å². The molecular weight excluding hydrogens is 554 g/mol. The van der Waals surface area contributed by atoms with Crippen molar-refractivity contribution < 1.29 is 14.3 Å². The van der Waals surface area contributed by atoms with E-state index in [0.29, 0.717) is 40.8 Å². The molecule has 2 unspecified atom stereocenters. The van der Waals surface area contributed by atoms with Crippen LogP contribution in [0, 0.1) is 31.5 Å². The highest BCUT2D eigenvalue weighted by Crippen LogP contribution is 2.57. The van der Waals surface area contributed by atoms with E-state index < -0.39 is 11.4 Å². The van der Waals surface area contributed by atoms with E-state index in [1.54, 1.807) is 22.6 Å². The van der Waals surface area contributed by atoms with Crippen molar-refractivity contribution in [1.82, 2.24) is 23.9 Å². The zero-order valence-corrected chi connectivity index (χ0v) is 24.3. The number of carbonyl (C=O) groups excluding carboxylic acids is 1. The lowest BCUT2D eigenvalue weighted by atomic mass is 9.90. The lowest BCUT2D eigenvalue weighted by Crippen LogP contribution is -2.27. The van der Waals surface area contributed by atoms with E-state index in [1.165, 1.54) is 18.2 Å². The number of carbonyl (C=O) groups is 1. The molecule has 6 rings (SSSR count). The first-order chi connectivity index (χ1) is 19.0. The van der Waals surface area contributed by atoms with Gasteiger partial charge in [0, 0.05) is 37.1 Å². The number of hydrogen-bond acceptors (Lipinski definition) is 4. The number of halogens is 3. The van der Waals surface area contributed by atoms with Gasteiger partial charge in [0.25, 0.3) is 5.91 Å². The molecule has 2 atom stereocenters. The molecule has 3 heterocycles. The van der Waals surface area contributed by atoms with Crippen LogP contribution in [0.5, 0.6) is 0 Å². The summed E-state index contributed by atoms with van der Waals surface area (Å²) >= 11 is 12.8. The van der Waals surface area contributed by atoms with Crippen LogP contribution in [0.15, 0.2) is 36.7 Å². The smallest absolute Gasteiger partial charge is 0.274 e. The number of aryl methyl sites for hydroxylation is 4. The van der Waals surface area contributed by atoms with Gasteiger partial charge in [-0.15, -0.1) is 0 Å². The van der Waals surface area contributed by atoms with Gasteiger partial charge in [0.05, 0.1) is 22.7 Å². The van der Waals surface area contributed by atoms with Crippen molar-refractivity contribution in [3.8, 4) is 5.82 Å². The number of rotatable bonds is 5. The van der Waals surface area contributed by atoms with E-state index in [4.69, 9.17) is 28.3 Å². The molecule has 2 fully saturated rings. The number of fused-ring (bicyclic) bond motifs is 1. The Balaban J connectivity index is 1.21. The lowest BCUT2D eigenvalue weighted by molar-refractivity contribution is 0.0264. The quantitative estimate of drug-likeness (QED) is 0.299. The average molecular weight is 586 g/mol. The fraction of sp³-hybridized carbons (Fsp3) is 0.414. The van der Waals surface area contributed by atoms with Gasteiger partial charge in [0.15, 0.2) is 5.82 Å². The second-order valence-corrected chi connectivity index (χ2v) is 12.1. The minimum absolute atomic E-state index is 0.0570. The van der Waals surface area contributed by atoms with Gasteiger partial charge in [-0.2, -0.15) is 5.10 Å². The number of aliphatic hydroxyl groups is 1. The summed E-state index contributed by atoms with van der Waals surface area (Å²) in [6.07, 6.45) is 4.40. The molecule has 210 valence electrons. The van der Waals surface area contributed by atoms with E-state index >= 15 is 0 Å². The molecule has 0 bridgehead atoms. The molecule has 2 saturated carbocycles. The van der Waals surface area contributed by atoms with Crippen LogP contribution in [0.2, 0.25) is 10.0 Å². The zero-order valence-electron chi connectivity index (χ0n) is 22.8. The molecule has 11 heteroatoms. The number of amides is 1. The third kappa shape index (κ3) is 4.35. The largest absolute Gasteiger partial charge is 0.383 e. The Morgan fingerprint density at radius 1 is 1.10 bits per heavy atom. The van der Waals surface area contributed by atoms with Crippen molar-refractivity contribution in [3.05, 3.63) is 81.0 Å². The van der Waals surface area contributed by atoms with Gasteiger partial charge in [-0.25, -0.2) is 9.37 Å². The van der Waals surface area contributed by atoms with Crippen LogP contribution >= 0.6 is 23.2 Å². The molecule has 3 aromatic heterocycles. The standard InChI is InChI=1S/C29H31Cl2FN6O2/c1-15-5-6-16(2)38(15)27-23(31)26(37(4)35-27)29(40)12-18-9-17(10-19(18)13-29)24-25(36(3)14-33-24)28(39)34-20-7-8-22(32)21(30)11-20/h5-8,11,14,17-19,40H,9-10,12-13H2,1-4H3,(H,34,39). The predicted molar refractivity (Wildman–Crippen MR) is 152 cm³/mol. The molecule has 2 aliphatic carbocycles. The first kappa shape index (κ1) is 27.1. The third-order valence-electron chi connectivity index (χ3n) is 8.68. The molecule has 4 aromatic rings. The Hall–Kier alpha value is -3.14. The van der Waals surface area contributed by atoms with Gasteiger partial charge in [-0.05, 0) is 81.7 Å². The number of nitrogens with zero attached hydrogens (tertiary/aromatic N) is 5. The first-order valence-corrected chi connectivity index (χ1v) is 14.1. The monoisotopic (exact) mass is 584 g/mol. The minimum atomic E-state index is -1.08. The summed E-state index contributed by atoms with van der Waals surface area (Å²) in [6, 6.07) is 8.13. The molecule has 0 saturated heterocycles. The van der Waals surface area contributed by atoms with Crippen molar-refractivity contribution in [1.29, 1.82) is 0 Å². The lowest BCUT2D eigenvalue weighted by Gasteiger charge is -2.25. The van der Waals surface area contributed by atoms with Crippen LogP contribution in [0.3, 0.4) is 0 Å². The van der Waals surface area contributed by atoms with Gasteiger partial charge < -0.3 is 19.6 Å². The molecule has 0 spiro atoms. The Morgan fingerprint density at radius 2 is 1.75 bits per heavy atom. The van der Waals surface area contributed by atoms with Crippen LogP contribution in [0.25, 0.3) is 5.82 Å². The molecule has 8 nitrogen and oxygen atoms in total. The second-order valence-electron chi connectivity index (χ2n) is 11.4. The molecule has 0 radical (unpaired) electrons. The SMILES string of the molecule is Cc1ccc(C)n1-c1nn(C)c(C2(O)CC3CC(c4ncn(C)c4C(=O)Nc4ccc(F)c(Cl)c4)CC3C2)c1Cl. The summed E-state index contributed by atoms with van der Waals surface area (Å²) in [4.78, 5) is 17.9. The summed E-state index contributed by atoms with van der Waals surface area (Å²) in [5.41, 5.74) is 3.24. The maximum absolute atomic E-state index is 13.6. The number of anilines is 1. The minimum Gasteiger partial charge on any atom is -0.383 e. The normalized spacial score (nSPS) is 24.1. The van der Waals surface area contributed by atoms with Gasteiger partial charge in [-0.1, -0.05) is 23.2 Å². The summed E-state index contributed by atoms with van der Waals surface area (Å²) in [7, 11) is 3.62. The van der Waals surface area contributed by atoms with Crippen LogP contribution in [0.1, 0.15) is 64.9 Å². The predicted octanol–water partition coefficient (Wildman–Crippen LogP) is 6.05. The van der Waals surface area contributed by atoms with E-state index in [1.807, 2.05) is 37.6 Å². The molecule has 2 N–H and O–H groups in total. The van der Waals surface area contributed by atoms with Crippen molar-refractivity contribution >= 4 is 34.8 Å². The number of hydrogen-bond donors (Lipinski definition) is 2. The molecule has 1 amide bonds. The summed E-state index contributed by atoms with van der Waals surface area (Å²) in [6.45, 7) is 4.01. The third-order valence-corrected chi connectivity index (χ3v) is 9.32. The Bertz CT molecular complexity index is 1610. The molecule has 2 aliphatic rings. The fourth-order valence-electron chi connectivity index (χ4n) is 7.00. The number of nitrogens with one attached hydrogen (secondary N) is 1. The van der Waals surface area contributed by atoms with E-state index in [0.717, 1.165) is 29.9 Å². The van der Waals surface area contributed by atoms with Crippen molar-refractivity contribution in [3.63, 3.8) is 0 Å². The van der Waals surface area contributed by atoms with Gasteiger partial charge in [0.1, 0.15) is 22.1 Å². The summed E-state index contributed by atoms with van der Waals surface area (Å²) in [5, 5.41) is 19.9. The summed E-state index contributed by atoms with van der Waals surface area (Å²) in [5.74, 6) is 0.365. The van der Waals surface area contributed by atoms with Crippen molar-refractivity contribution in [2.75, 3.05) is 5.32 Å². The Labute approximate surface area is 241 Å². The maximum Gasteiger partial charge on any atom is 0.274 e. The van der Waals surface area contributed by atoms with Crippen molar-refractivity contribution in [2.45, 2.75) is 51.0 Å². The Kier molecular flexibility index (Phi) is 6.59. The second kappa shape index (κ2) is 9.75. The highest BCUT2D eigenvalue weighted by atomic mass is 35.5. The average Bonchev–Trinajstić information content (AvgIpc) is 3.66. The molecule has 0 aliphatic heterocycles. The highest BCUT2D eigenvalue weighted by Gasteiger charge is 2.52. The highest BCUT2D eigenvalue weighted by molar-refractivity contribution is 6.33. The summed E-state index contributed by atoms with van der Waals surface area (Å²) < 4.78 is 19.0. The van der Waals surface area contributed by atoms with Crippen LogP contribution in [-0.4, -0.2) is 34.9 Å². The number of aromatic nitrogens is 5. The Morgan fingerprint density at radius 3 is 2.38 bits per heavy atom. The molecular formula is C29H31Cl2FN6O2. The zero-order chi connectivity index (χ0) is 28.5.